The second-order valence-electron chi connectivity index (χ2n) is 10.3. The molecule has 0 bridgehead atoms. The minimum atomic E-state index is -0.294. The Balaban J connectivity index is 1.35. The minimum absolute atomic E-state index is 0.0716. The van der Waals surface area contributed by atoms with Gasteiger partial charge in [-0.25, -0.2) is 4.98 Å². The van der Waals surface area contributed by atoms with E-state index in [1.807, 2.05) is 48.2 Å². The maximum absolute atomic E-state index is 13.4. The lowest BCUT2D eigenvalue weighted by Crippen LogP contribution is -2.40. The minimum Gasteiger partial charge on any atom is -0.484 e. The predicted octanol–water partition coefficient (Wildman–Crippen LogP) is 5.72. The molecule has 0 spiro atoms. The molecule has 1 aliphatic heterocycles. The van der Waals surface area contributed by atoms with Crippen LogP contribution in [0.1, 0.15) is 75.5 Å². The first-order valence-corrected chi connectivity index (χ1v) is 13.3. The largest absolute Gasteiger partial charge is 0.484 e. The number of oxazole rings is 1. The van der Waals surface area contributed by atoms with Gasteiger partial charge in [0.1, 0.15) is 12.0 Å². The van der Waals surface area contributed by atoms with Crippen molar-refractivity contribution in [3.05, 3.63) is 107 Å². The van der Waals surface area contributed by atoms with Crippen LogP contribution in [0.15, 0.2) is 76.0 Å². The Hall–Kier alpha value is -4.33. The topological polar surface area (TPSA) is 97.8 Å². The predicted molar refractivity (Wildman–Crippen MR) is 146 cm³/mol. The number of furan rings is 1. The Labute approximate surface area is 228 Å². The molecule has 2 aromatic carbocycles. The van der Waals surface area contributed by atoms with E-state index in [0.29, 0.717) is 36.4 Å². The van der Waals surface area contributed by atoms with Crippen LogP contribution in [0.4, 0.5) is 0 Å². The number of nitrogens with zero attached hydrogens (tertiary/aromatic N) is 2. The molecule has 5 rings (SSSR count). The molecule has 3 heterocycles. The third-order valence-corrected chi connectivity index (χ3v) is 6.85. The number of ether oxygens (including phenoxy) is 1. The molecule has 0 saturated heterocycles. The van der Waals surface area contributed by atoms with Gasteiger partial charge in [-0.05, 0) is 66.6 Å². The van der Waals surface area contributed by atoms with Crippen molar-refractivity contribution in [3.63, 3.8) is 0 Å². The van der Waals surface area contributed by atoms with Gasteiger partial charge >= 0.3 is 0 Å². The van der Waals surface area contributed by atoms with Gasteiger partial charge in [-0.3, -0.25) is 9.59 Å². The van der Waals surface area contributed by atoms with Crippen molar-refractivity contribution in [2.45, 2.75) is 46.3 Å². The van der Waals surface area contributed by atoms with Crippen LogP contribution in [0.5, 0.6) is 5.75 Å². The Kier molecular flexibility index (Phi) is 7.81. The highest BCUT2D eigenvalue weighted by atomic mass is 16.5. The molecule has 2 amide bonds. The molecule has 0 fully saturated rings. The number of aromatic nitrogens is 1. The van der Waals surface area contributed by atoms with Gasteiger partial charge < -0.3 is 23.8 Å². The van der Waals surface area contributed by atoms with Crippen LogP contribution in [0.3, 0.4) is 0 Å². The number of benzene rings is 2. The molecule has 1 aliphatic rings. The molecule has 0 radical (unpaired) electrons. The van der Waals surface area contributed by atoms with E-state index in [1.165, 1.54) is 12.5 Å². The molecule has 202 valence electrons. The van der Waals surface area contributed by atoms with Crippen LogP contribution in [0.25, 0.3) is 0 Å². The van der Waals surface area contributed by atoms with E-state index in [9.17, 15) is 9.59 Å². The van der Waals surface area contributed by atoms with Crippen LogP contribution in [0, 0.1) is 12.8 Å². The average molecular weight is 528 g/mol. The number of amides is 2. The van der Waals surface area contributed by atoms with Crippen molar-refractivity contribution in [1.82, 2.24) is 15.2 Å². The van der Waals surface area contributed by atoms with Gasteiger partial charge in [-0.1, -0.05) is 49.7 Å². The van der Waals surface area contributed by atoms with E-state index in [0.717, 1.165) is 35.1 Å². The molecule has 39 heavy (non-hydrogen) atoms. The zero-order valence-corrected chi connectivity index (χ0v) is 22.5. The summed E-state index contributed by atoms with van der Waals surface area (Å²) in [6.45, 7) is 7.49. The number of nitrogens with one attached hydrogen (secondary N) is 1. The smallest absolute Gasteiger partial charge is 0.290 e. The van der Waals surface area contributed by atoms with Crippen molar-refractivity contribution in [2.24, 2.45) is 5.92 Å². The Morgan fingerprint density at radius 3 is 2.77 bits per heavy atom. The third kappa shape index (κ3) is 6.06. The standard InChI is InChI=1S/C31H33N3O5/c1-20(2)11-13-32-30(35)26-18-39-28(33-26)19-38-24-10-9-22-12-14-34(31(36)27-8-5-15-37-27)29(25(22)17-24)23-7-4-6-21(3)16-23/h4-10,15-18,20,29H,11-14,19H2,1-3H3,(H,32,35)/t29-/m0/s1. The summed E-state index contributed by atoms with van der Waals surface area (Å²) in [4.78, 5) is 31.9. The Morgan fingerprint density at radius 2 is 2.00 bits per heavy atom. The molecule has 2 aromatic heterocycles. The van der Waals surface area contributed by atoms with Crippen LogP contribution in [-0.2, 0) is 13.0 Å². The average Bonchev–Trinajstić information content (AvgIpc) is 3.63. The van der Waals surface area contributed by atoms with Gasteiger partial charge in [-0.15, -0.1) is 0 Å². The van der Waals surface area contributed by atoms with Crippen LogP contribution >= 0.6 is 0 Å². The molecule has 4 aromatic rings. The zero-order valence-electron chi connectivity index (χ0n) is 22.5. The first-order chi connectivity index (χ1) is 18.9. The van der Waals surface area contributed by atoms with Crippen molar-refractivity contribution in [2.75, 3.05) is 13.1 Å². The number of rotatable bonds is 9. The number of carbonyl (C=O) groups is 2. The number of aryl methyl sites for hydroxylation is 1. The van der Waals surface area contributed by atoms with E-state index in [2.05, 4.69) is 30.2 Å². The Morgan fingerprint density at radius 1 is 1.13 bits per heavy atom. The maximum atomic E-state index is 13.4. The molecule has 1 atom stereocenters. The molecule has 0 saturated carbocycles. The fourth-order valence-corrected chi connectivity index (χ4v) is 4.83. The lowest BCUT2D eigenvalue weighted by Gasteiger charge is -2.37. The third-order valence-electron chi connectivity index (χ3n) is 6.85. The molecule has 0 unspecified atom stereocenters. The van der Waals surface area contributed by atoms with E-state index in [4.69, 9.17) is 13.6 Å². The fourth-order valence-electron chi connectivity index (χ4n) is 4.83. The highest BCUT2D eigenvalue weighted by Crippen LogP contribution is 2.38. The van der Waals surface area contributed by atoms with E-state index >= 15 is 0 Å². The van der Waals surface area contributed by atoms with E-state index in [-0.39, 0.29) is 30.2 Å². The summed E-state index contributed by atoms with van der Waals surface area (Å²) in [6, 6.07) is 17.3. The van der Waals surface area contributed by atoms with Gasteiger partial charge in [0, 0.05) is 13.1 Å². The lowest BCUT2D eigenvalue weighted by atomic mass is 9.87. The van der Waals surface area contributed by atoms with Gasteiger partial charge in [0.25, 0.3) is 11.8 Å². The van der Waals surface area contributed by atoms with Crippen LogP contribution in [-0.4, -0.2) is 34.8 Å². The molecular weight excluding hydrogens is 494 g/mol. The van der Waals surface area contributed by atoms with Gasteiger partial charge in [0.15, 0.2) is 18.1 Å². The maximum Gasteiger partial charge on any atom is 0.290 e. The molecule has 8 heteroatoms. The number of fused-ring (bicyclic) bond motifs is 1. The van der Waals surface area contributed by atoms with Crippen molar-refractivity contribution < 1.29 is 23.2 Å². The monoisotopic (exact) mass is 527 g/mol. The molecule has 0 aliphatic carbocycles. The molecule has 8 nitrogen and oxygen atoms in total. The van der Waals surface area contributed by atoms with Gasteiger partial charge in [0.2, 0.25) is 5.89 Å². The van der Waals surface area contributed by atoms with Gasteiger partial charge in [-0.2, -0.15) is 0 Å². The SMILES string of the molecule is Cc1cccc([C@H]2c3cc(OCc4nc(C(=O)NCCC(C)C)co4)ccc3CCN2C(=O)c2ccco2)c1. The van der Waals surface area contributed by atoms with Crippen LogP contribution in [0.2, 0.25) is 0 Å². The summed E-state index contributed by atoms with van der Waals surface area (Å²) >= 11 is 0. The summed E-state index contributed by atoms with van der Waals surface area (Å²) in [6.07, 6.45) is 4.48. The lowest BCUT2D eigenvalue weighted by molar-refractivity contribution is 0.0661. The number of carbonyl (C=O) groups excluding carboxylic acids is 2. The highest BCUT2D eigenvalue weighted by Gasteiger charge is 2.34. The van der Waals surface area contributed by atoms with Crippen molar-refractivity contribution in [3.8, 4) is 5.75 Å². The fraction of sp³-hybridized carbons (Fsp3) is 0.323. The summed E-state index contributed by atoms with van der Waals surface area (Å²) < 4.78 is 17.0. The number of hydrogen-bond donors (Lipinski definition) is 1. The quantitative estimate of drug-likeness (QED) is 0.299. The summed E-state index contributed by atoms with van der Waals surface area (Å²) in [7, 11) is 0. The summed E-state index contributed by atoms with van der Waals surface area (Å²) in [5.41, 5.74) is 4.53. The van der Waals surface area contributed by atoms with Crippen LogP contribution < -0.4 is 10.1 Å². The Bertz CT molecular complexity index is 1440. The summed E-state index contributed by atoms with van der Waals surface area (Å²) in [5.74, 6) is 1.34. The summed E-state index contributed by atoms with van der Waals surface area (Å²) in [5, 5.41) is 2.86. The highest BCUT2D eigenvalue weighted by molar-refractivity contribution is 5.92. The van der Waals surface area contributed by atoms with Gasteiger partial charge in [0.05, 0.1) is 12.3 Å². The van der Waals surface area contributed by atoms with E-state index in [1.54, 1.807) is 12.1 Å². The zero-order chi connectivity index (χ0) is 27.4. The number of hydrogen-bond acceptors (Lipinski definition) is 6. The van der Waals surface area contributed by atoms with Crippen molar-refractivity contribution >= 4 is 11.8 Å². The second-order valence-corrected chi connectivity index (χ2v) is 10.3. The van der Waals surface area contributed by atoms with E-state index < -0.39 is 0 Å². The van der Waals surface area contributed by atoms with Crippen molar-refractivity contribution in [1.29, 1.82) is 0 Å². The molecular formula is C31H33N3O5. The normalized spacial score (nSPS) is 14.8. The first kappa shape index (κ1) is 26.3. The second kappa shape index (κ2) is 11.6. The first-order valence-electron chi connectivity index (χ1n) is 13.3. The molecule has 1 N–H and O–H groups in total.